The minimum atomic E-state index is -1.83. The van der Waals surface area contributed by atoms with Crippen molar-refractivity contribution < 1.29 is 38.0 Å². The lowest BCUT2D eigenvalue weighted by Crippen LogP contribution is -2.59. The Hall–Kier alpha value is -2.03. The second-order valence-electron chi connectivity index (χ2n) is 5.66. The molecule has 1 aliphatic heterocycles. The number of carbonyl (C=O) groups excluding carboxylic acids is 2. The van der Waals surface area contributed by atoms with Crippen LogP contribution in [0, 0.1) is 0 Å². The van der Waals surface area contributed by atoms with E-state index in [4.69, 9.17) is 18.9 Å². The first kappa shape index (κ1) is 19.3. The predicted octanol–water partition coefficient (Wildman–Crippen LogP) is 1.12. The summed E-state index contributed by atoms with van der Waals surface area (Å²) < 4.78 is 35.0. The van der Waals surface area contributed by atoms with Crippen molar-refractivity contribution in [2.24, 2.45) is 0 Å². The van der Waals surface area contributed by atoms with Crippen LogP contribution >= 0.6 is 0 Å². The zero-order valence-corrected chi connectivity index (χ0v) is 14.0. The molecule has 8 heteroatoms. The quantitative estimate of drug-likeness (QED) is 0.764. The van der Waals surface area contributed by atoms with Crippen molar-refractivity contribution in [3.05, 3.63) is 35.9 Å². The van der Waals surface area contributed by atoms with Gasteiger partial charge >= 0.3 is 11.9 Å². The molecule has 0 amide bonds. The zero-order valence-electron chi connectivity index (χ0n) is 14.0. The number of carbonyl (C=O) groups is 2. The minimum absolute atomic E-state index is 0.169. The van der Waals surface area contributed by atoms with Crippen LogP contribution in [0.2, 0.25) is 0 Å². The molecule has 5 atom stereocenters. The number of rotatable bonds is 6. The summed E-state index contributed by atoms with van der Waals surface area (Å²) in [5.74, 6) is -1.52. The van der Waals surface area contributed by atoms with E-state index in [1.807, 2.05) is 30.3 Å². The fourth-order valence-corrected chi connectivity index (χ4v) is 2.53. The Bertz CT molecular complexity index is 580. The molecule has 138 valence electrons. The summed E-state index contributed by atoms with van der Waals surface area (Å²) in [5, 5.41) is 9.99. The fraction of sp³-hybridized carbons (Fsp3) is 0.529. The number of alkyl halides is 1. The molecule has 0 bridgehead atoms. The van der Waals surface area contributed by atoms with Gasteiger partial charge in [0.15, 0.2) is 24.7 Å². The molecule has 2 rings (SSSR count). The van der Waals surface area contributed by atoms with E-state index in [1.54, 1.807) is 0 Å². The molecule has 1 aliphatic rings. The van der Waals surface area contributed by atoms with Crippen molar-refractivity contribution in [3.63, 3.8) is 0 Å². The van der Waals surface area contributed by atoms with Crippen LogP contribution in [0.3, 0.4) is 0 Å². The minimum Gasteiger partial charge on any atom is -0.455 e. The van der Waals surface area contributed by atoms with Crippen LogP contribution < -0.4 is 0 Å². The highest BCUT2D eigenvalue weighted by atomic mass is 19.1. The molecule has 0 radical (unpaired) electrons. The van der Waals surface area contributed by atoms with Gasteiger partial charge < -0.3 is 24.1 Å². The van der Waals surface area contributed by atoms with Crippen LogP contribution in [0.4, 0.5) is 4.39 Å². The van der Waals surface area contributed by atoms with E-state index in [2.05, 4.69) is 0 Å². The van der Waals surface area contributed by atoms with Crippen molar-refractivity contribution in [3.8, 4) is 0 Å². The van der Waals surface area contributed by atoms with E-state index in [1.165, 1.54) is 0 Å². The number of benzene rings is 1. The van der Waals surface area contributed by atoms with Gasteiger partial charge in [0.2, 0.25) is 0 Å². The highest BCUT2D eigenvalue weighted by Gasteiger charge is 2.50. The molecule has 0 aliphatic carbocycles. The molecule has 1 unspecified atom stereocenters. The Morgan fingerprint density at radius 3 is 2.32 bits per heavy atom. The Balaban J connectivity index is 1.99. The molecule has 25 heavy (non-hydrogen) atoms. The van der Waals surface area contributed by atoms with Crippen LogP contribution in [0.15, 0.2) is 30.3 Å². The first-order valence-corrected chi connectivity index (χ1v) is 7.82. The Kier molecular flexibility index (Phi) is 6.86. The summed E-state index contributed by atoms with van der Waals surface area (Å²) >= 11 is 0. The number of halogens is 1. The van der Waals surface area contributed by atoms with Gasteiger partial charge in [-0.25, -0.2) is 4.39 Å². The number of hydrogen-bond acceptors (Lipinski definition) is 7. The molecule has 1 aromatic carbocycles. The Morgan fingerprint density at radius 1 is 1.12 bits per heavy atom. The van der Waals surface area contributed by atoms with Crippen LogP contribution in [0.1, 0.15) is 19.4 Å². The third-order valence-corrected chi connectivity index (χ3v) is 3.59. The SMILES string of the molecule is CC(=O)O[C@H]1[C@@H](F)[C@@H](COCc2ccccc2)OC(O)[C@@H]1OC(C)=O. The van der Waals surface area contributed by atoms with E-state index in [0.29, 0.717) is 0 Å². The molecule has 1 N–H and O–H groups in total. The maximum absolute atomic E-state index is 14.7. The zero-order chi connectivity index (χ0) is 18.4. The first-order valence-electron chi connectivity index (χ1n) is 7.82. The highest BCUT2D eigenvalue weighted by molar-refractivity contribution is 5.67. The summed E-state index contributed by atoms with van der Waals surface area (Å²) in [6.07, 6.45) is -7.55. The molecule has 7 nitrogen and oxygen atoms in total. The largest absolute Gasteiger partial charge is 0.455 e. The molecule has 1 heterocycles. The van der Waals surface area contributed by atoms with Crippen LogP contribution in [-0.2, 0) is 35.1 Å². The molecule has 0 aromatic heterocycles. The lowest BCUT2D eigenvalue weighted by atomic mass is 10.00. The fourth-order valence-electron chi connectivity index (χ4n) is 2.53. The maximum atomic E-state index is 14.7. The summed E-state index contributed by atoms with van der Waals surface area (Å²) in [7, 11) is 0. The monoisotopic (exact) mass is 356 g/mol. The van der Waals surface area contributed by atoms with Gasteiger partial charge in [-0.1, -0.05) is 30.3 Å². The van der Waals surface area contributed by atoms with Crippen LogP contribution in [0.25, 0.3) is 0 Å². The van der Waals surface area contributed by atoms with Gasteiger partial charge in [-0.3, -0.25) is 9.59 Å². The molecular weight excluding hydrogens is 335 g/mol. The van der Waals surface area contributed by atoms with Gasteiger partial charge in [0, 0.05) is 13.8 Å². The number of aliphatic hydroxyl groups excluding tert-OH is 1. The van der Waals surface area contributed by atoms with Gasteiger partial charge in [0.05, 0.1) is 13.2 Å². The lowest BCUT2D eigenvalue weighted by Gasteiger charge is -2.40. The maximum Gasteiger partial charge on any atom is 0.303 e. The van der Waals surface area contributed by atoms with Gasteiger partial charge in [0.1, 0.15) is 6.10 Å². The summed E-state index contributed by atoms with van der Waals surface area (Å²) in [6.45, 7) is 2.26. The standard InChI is InChI=1S/C17H21FO7/c1-10(19)23-15-14(18)13(25-17(21)16(15)24-11(2)20)9-22-8-12-6-4-3-5-7-12/h3-7,13-17,21H,8-9H2,1-2H3/t13-,14+,15+,16-,17?/m1/s1. The number of esters is 2. The third-order valence-electron chi connectivity index (χ3n) is 3.59. The first-order chi connectivity index (χ1) is 11.9. The van der Waals surface area contributed by atoms with Crippen molar-refractivity contribution >= 4 is 11.9 Å². The molecule has 0 saturated carbocycles. The molecule has 1 aromatic rings. The number of ether oxygens (including phenoxy) is 4. The normalized spacial score (nSPS) is 29.0. The molecule has 1 fully saturated rings. The van der Waals surface area contributed by atoms with Crippen molar-refractivity contribution in [2.45, 2.75) is 51.2 Å². The predicted molar refractivity (Wildman–Crippen MR) is 83.0 cm³/mol. The average Bonchev–Trinajstić information content (AvgIpc) is 2.55. The van der Waals surface area contributed by atoms with Gasteiger partial charge in [-0.2, -0.15) is 0 Å². The number of hydrogen-bond donors (Lipinski definition) is 1. The van der Waals surface area contributed by atoms with E-state index in [9.17, 15) is 19.1 Å². The van der Waals surface area contributed by atoms with Crippen molar-refractivity contribution in [2.75, 3.05) is 6.61 Å². The summed E-state index contributed by atoms with van der Waals surface area (Å²) in [4.78, 5) is 22.3. The molecule has 0 spiro atoms. The summed E-state index contributed by atoms with van der Waals surface area (Å²) in [6, 6.07) is 9.25. The third kappa shape index (κ3) is 5.48. The van der Waals surface area contributed by atoms with E-state index in [0.717, 1.165) is 19.4 Å². The second kappa shape index (κ2) is 8.89. The van der Waals surface area contributed by atoms with E-state index < -0.39 is 42.7 Å². The van der Waals surface area contributed by atoms with Crippen molar-refractivity contribution in [1.29, 1.82) is 0 Å². The Morgan fingerprint density at radius 2 is 1.72 bits per heavy atom. The van der Waals surface area contributed by atoms with E-state index in [-0.39, 0.29) is 13.2 Å². The average molecular weight is 356 g/mol. The lowest BCUT2D eigenvalue weighted by molar-refractivity contribution is -0.284. The second-order valence-corrected chi connectivity index (χ2v) is 5.66. The topological polar surface area (TPSA) is 91.3 Å². The molecule has 1 saturated heterocycles. The summed E-state index contributed by atoms with van der Waals surface area (Å²) in [5.41, 5.74) is 0.892. The number of aliphatic hydroxyl groups is 1. The van der Waals surface area contributed by atoms with E-state index >= 15 is 0 Å². The smallest absolute Gasteiger partial charge is 0.303 e. The highest BCUT2D eigenvalue weighted by Crippen LogP contribution is 2.28. The van der Waals surface area contributed by atoms with Gasteiger partial charge in [0.25, 0.3) is 0 Å². The van der Waals surface area contributed by atoms with Gasteiger partial charge in [-0.05, 0) is 5.56 Å². The van der Waals surface area contributed by atoms with Gasteiger partial charge in [-0.15, -0.1) is 0 Å². The van der Waals surface area contributed by atoms with Crippen LogP contribution in [0.5, 0.6) is 0 Å². The Labute approximate surface area is 144 Å². The van der Waals surface area contributed by atoms with Crippen molar-refractivity contribution in [1.82, 2.24) is 0 Å². The molecular formula is C17H21FO7. The van der Waals surface area contributed by atoms with Crippen LogP contribution in [-0.4, -0.2) is 54.4 Å².